The molecular weight excluding hydrogens is 470 g/mol. The highest BCUT2D eigenvalue weighted by molar-refractivity contribution is 5.97. The molecule has 0 unspecified atom stereocenters. The zero-order chi connectivity index (χ0) is 25.7. The first kappa shape index (κ1) is 25.3. The van der Waals surface area contributed by atoms with Gasteiger partial charge in [-0.3, -0.25) is 9.59 Å². The minimum absolute atomic E-state index is 0.0728. The standard InChI is InChI=1S/C26H28F2N4O4/c1-17(2)18-7-9-19(10-8-18)24-29-22(36-30-24)11-12-23(33)31-13-15-32(16-14-31)25(34)20-5-3-4-6-21(20)35-26(27)28/h3-10,17,26H,11-16H2,1-2H3. The Balaban J connectivity index is 1.28. The van der Waals surface area contributed by atoms with E-state index in [-0.39, 0.29) is 23.6 Å². The molecule has 1 fully saturated rings. The van der Waals surface area contributed by atoms with Gasteiger partial charge in [0.05, 0.1) is 5.56 Å². The molecule has 0 aliphatic carbocycles. The number of hydrogen-bond acceptors (Lipinski definition) is 6. The maximum atomic E-state index is 12.8. The van der Waals surface area contributed by atoms with Crippen molar-refractivity contribution < 1.29 is 27.6 Å². The van der Waals surface area contributed by atoms with Crippen LogP contribution in [0.5, 0.6) is 5.75 Å². The van der Waals surface area contributed by atoms with Crippen LogP contribution in [0.1, 0.15) is 48.0 Å². The summed E-state index contributed by atoms with van der Waals surface area (Å²) in [4.78, 5) is 33.1. The van der Waals surface area contributed by atoms with Gasteiger partial charge in [-0.05, 0) is 23.6 Å². The summed E-state index contributed by atoms with van der Waals surface area (Å²) in [7, 11) is 0. The maximum absolute atomic E-state index is 12.8. The van der Waals surface area contributed by atoms with Gasteiger partial charge in [0.25, 0.3) is 5.91 Å². The van der Waals surface area contributed by atoms with Crippen molar-refractivity contribution in [3.05, 3.63) is 65.5 Å². The molecule has 2 amide bonds. The van der Waals surface area contributed by atoms with Crippen molar-refractivity contribution in [3.8, 4) is 17.1 Å². The van der Waals surface area contributed by atoms with E-state index in [9.17, 15) is 18.4 Å². The van der Waals surface area contributed by atoms with Gasteiger partial charge < -0.3 is 19.1 Å². The first-order valence-corrected chi connectivity index (χ1v) is 11.9. The predicted octanol–water partition coefficient (Wildman–Crippen LogP) is 4.38. The highest BCUT2D eigenvalue weighted by Gasteiger charge is 2.27. The summed E-state index contributed by atoms with van der Waals surface area (Å²) in [6.07, 6.45) is 0.514. The average molecular weight is 499 g/mol. The normalized spacial score (nSPS) is 13.9. The zero-order valence-corrected chi connectivity index (χ0v) is 20.2. The largest absolute Gasteiger partial charge is 0.434 e. The predicted molar refractivity (Wildman–Crippen MR) is 128 cm³/mol. The Morgan fingerprint density at radius 1 is 1.00 bits per heavy atom. The number of rotatable bonds is 8. The van der Waals surface area contributed by atoms with Crippen molar-refractivity contribution >= 4 is 11.8 Å². The molecule has 0 radical (unpaired) electrons. The van der Waals surface area contributed by atoms with E-state index in [2.05, 4.69) is 28.7 Å². The third-order valence-corrected chi connectivity index (χ3v) is 6.11. The molecule has 0 saturated carbocycles. The summed E-state index contributed by atoms with van der Waals surface area (Å²) < 4.78 is 35.1. The van der Waals surface area contributed by atoms with Crippen molar-refractivity contribution in [1.82, 2.24) is 19.9 Å². The lowest BCUT2D eigenvalue weighted by atomic mass is 10.0. The van der Waals surface area contributed by atoms with Crippen LogP contribution < -0.4 is 4.74 Å². The first-order valence-electron chi connectivity index (χ1n) is 11.9. The Morgan fingerprint density at radius 3 is 2.33 bits per heavy atom. The van der Waals surface area contributed by atoms with Crippen LogP contribution in [0.2, 0.25) is 0 Å². The molecule has 4 rings (SSSR count). The van der Waals surface area contributed by atoms with Gasteiger partial charge in [0.15, 0.2) is 0 Å². The smallest absolute Gasteiger partial charge is 0.387 e. The van der Waals surface area contributed by atoms with E-state index in [1.807, 2.05) is 24.3 Å². The summed E-state index contributed by atoms with van der Waals surface area (Å²) in [6, 6.07) is 13.9. The van der Waals surface area contributed by atoms with Crippen molar-refractivity contribution in [1.29, 1.82) is 0 Å². The third kappa shape index (κ3) is 6.05. The number of carbonyl (C=O) groups is 2. The fraction of sp³-hybridized carbons (Fsp3) is 0.385. The Hall–Kier alpha value is -3.82. The molecule has 1 saturated heterocycles. The second-order valence-corrected chi connectivity index (χ2v) is 8.84. The summed E-state index contributed by atoms with van der Waals surface area (Å²) >= 11 is 0. The van der Waals surface area contributed by atoms with Crippen LogP contribution in [0.4, 0.5) is 8.78 Å². The van der Waals surface area contributed by atoms with Gasteiger partial charge in [0, 0.05) is 44.6 Å². The van der Waals surface area contributed by atoms with Crippen molar-refractivity contribution in [2.24, 2.45) is 0 Å². The lowest BCUT2D eigenvalue weighted by Crippen LogP contribution is -2.50. The first-order chi connectivity index (χ1) is 17.3. The molecule has 10 heteroatoms. The highest BCUT2D eigenvalue weighted by atomic mass is 19.3. The van der Waals surface area contributed by atoms with Crippen LogP contribution in [0.25, 0.3) is 11.4 Å². The molecule has 1 aliphatic heterocycles. The number of nitrogens with zero attached hydrogens (tertiary/aromatic N) is 4. The number of carbonyl (C=O) groups excluding carboxylic acids is 2. The molecule has 0 spiro atoms. The van der Waals surface area contributed by atoms with Crippen LogP contribution in [-0.2, 0) is 11.2 Å². The van der Waals surface area contributed by atoms with Crippen LogP contribution in [-0.4, -0.2) is 64.5 Å². The molecule has 2 heterocycles. The van der Waals surface area contributed by atoms with E-state index in [0.29, 0.717) is 50.2 Å². The fourth-order valence-electron chi connectivity index (χ4n) is 4.03. The average Bonchev–Trinajstić information content (AvgIpc) is 3.36. The Kier molecular flexibility index (Phi) is 7.92. The van der Waals surface area contributed by atoms with E-state index in [0.717, 1.165) is 5.56 Å². The van der Waals surface area contributed by atoms with Gasteiger partial charge in [0.2, 0.25) is 17.6 Å². The molecule has 3 aromatic rings. The van der Waals surface area contributed by atoms with Crippen LogP contribution >= 0.6 is 0 Å². The highest BCUT2D eigenvalue weighted by Crippen LogP contribution is 2.23. The molecule has 1 aliphatic rings. The molecule has 2 aromatic carbocycles. The number of halogens is 2. The Bertz CT molecular complexity index is 1190. The van der Waals surface area contributed by atoms with Gasteiger partial charge in [-0.25, -0.2) is 0 Å². The summed E-state index contributed by atoms with van der Waals surface area (Å²) in [5.41, 5.74) is 2.14. The number of benzene rings is 2. The van der Waals surface area contributed by atoms with Crippen molar-refractivity contribution in [2.75, 3.05) is 26.2 Å². The van der Waals surface area contributed by atoms with E-state index >= 15 is 0 Å². The monoisotopic (exact) mass is 498 g/mol. The minimum atomic E-state index is -3.02. The van der Waals surface area contributed by atoms with Crippen LogP contribution in [0, 0.1) is 0 Å². The summed E-state index contributed by atoms with van der Waals surface area (Å²) in [6.45, 7) is 2.52. The number of alkyl halides is 2. The second-order valence-electron chi connectivity index (χ2n) is 8.84. The van der Waals surface area contributed by atoms with Gasteiger partial charge in [-0.1, -0.05) is 55.4 Å². The molecule has 190 valence electrons. The molecule has 36 heavy (non-hydrogen) atoms. The van der Waals surface area contributed by atoms with Gasteiger partial charge in [-0.2, -0.15) is 13.8 Å². The topological polar surface area (TPSA) is 88.8 Å². The van der Waals surface area contributed by atoms with Gasteiger partial charge in [-0.15, -0.1) is 0 Å². The van der Waals surface area contributed by atoms with Gasteiger partial charge >= 0.3 is 6.61 Å². The minimum Gasteiger partial charge on any atom is -0.434 e. The number of amides is 2. The van der Waals surface area contributed by atoms with E-state index < -0.39 is 12.5 Å². The molecule has 1 aromatic heterocycles. The lowest BCUT2D eigenvalue weighted by Gasteiger charge is -2.35. The van der Waals surface area contributed by atoms with E-state index in [1.54, 1.807) is 11.0 Å². The molecule has 0 atom stereocenters. The number of aryl methyl sites for hydroxylation is 1. The lowest BCUT2D eigenvalue weighted by molar-refractivity contribution is -0.132. The summed E-state index contributed by atoms with van der Waals surface area (Å²) in [5, 5.41) is 4.02. The zero-order valence-electron chi connectivity index (χ0n) is 20.2. The number of aromatic nitrogens is 2. The molecule has 8 nitrogen and oxygen atoms in total. The number of piperazine rings is 1. The number of hydrogen-bond donors (Lipinski definition) is 0. The quantitative estimate of drug-likeness (QED) is 0.458. The van der Waals surface area contributed by atoms with Gasteiger partial charge in [0.1, 0.15) is 5.75 Å². The Labute approximate surface area is 207 Å². The van der Waals surface area contributed by atoms with Crippen molar-refractivity contribution in [3.63, 3.8) is 0 Å². The SMILES string of the molecule is CC(C)c1ccc(-c2noc(CCC(=O)N3CCN(C(=O)c4ccccc4OC(F)F)CC3)n2)cc1. The number of ether oxygens (including phenoxy) is 1. The summed E-state index contributed by atoms with van der Waals surface area (Å²) in [5.74, 6) is 0.654. The van der Waals surface area contributed by atoms with Crippen molar-refractivity contribution in [2.45, 2.75) is 39.2 Å². The van der Waals surface area contributed by atoms with E-state index in [1.165, 1.54) is 28.7 Å². The molecular formula is C26H28F2N4O4. The fourth-order valence-corrected chi connectivity index (χ4v) is 4.03. The second kappa shape index (κ2) is 11.3. The Morgan fingerprint density at radius 2 is 1.67 bits per heavy atom. The van der Waals surface area contributed by atoms with Crippen LogP contribution in [0.3, 0.4) is 0 Å². The maximum Gasteiger partial charge on any atom is 0.387 e. The third-order valence-electron chi connectivity index (χ3n) is 6.11. The van der Waals surface area contributed by atoms with E-state index in [4.69, 9.17) is 4.52 Å². The molecule has 0 bridgehead atoms. The molecule has 0 N–H and O–H groups in total. The number of para-hydroxylation sites is 1. The van der Waals surface area contributed by atoms with Crippen LogP contribution in [0.15, 0.2) is 53.1 Å².